The van der Waals surface area contributed by atoms with Crippen LogP contribution in [0.15, 0.2) is 12.1 Å². The number of fused-ring (bicyclic) bond motifs is 1. The summed E-state index contributed by atoms with van der Waals surface area (Å²) in [6.07, 6.45) is 0. The fourth-order valence-electron chi connectivity index (χ4n) is 1.33. The Morgan fingerprint density at radius 3 is 2.64 bits per heavy atom. The second-order valence-corrected chi connectivity index (χ2v) is 2.99. The zero-order valence-electron chi connectivity index (χ0n) is 7.23. The van der Waals surface area contributed by atoms with Gasteiger partial charge in [-0.25, -0.2) is 4.98 Å². The van der Waals surface area contributed by atoms with Crippen LogP contribution in [0.3, 0.4) is 0 Å². The molecule has 0 fully saturated rings. The van der Waals surface area contributed by atoms with Gasteiger partial charge in [0.1, 0.15) is 0 Å². The van der Waals surface area contributed by atoms with Crippen LogP contribution in [0.1, 0.15) is 0 Å². The van der Waals surface area contributed by atoms with E-state index in [1.807, 2.05) is 0 Å². The highest BCUT2D eigenvalue weighted by Gasteiger charge is 2.16. The van der Waals surface area contributed by atoms with E-state index in [0.717, 1.165) is 0 Å². The molecule has 0 atom stereocenters. The average Bonchev–Trinajstić information content (AvgIpc) is 2.42. The predicted octanol–water partition coefficient (Wildman–Crippen LogP) is -1.59. The number of hydrogen-bond acceptors (Lipinski definition) is 5. The molecule has 6 nitrogen and oxygen atoms in total. The molecule has 0 aliphatic rings. The highest BCUT2D eigenvalue weighted by molar-refractivity contribution is 6.60. The average molecular weight is 192 g/mol. The van der Waals surface area contributed by atoms with Crippen LogP contribution >= 0.6 is 0 Å². The Kier molecular flexibility index (Phi) is 1.83. The van der Waals surface area contributed by atoms with Gasteiger partial charge < -0.3 is 26.5 Å². The van der Waals surface area contributed by atoms with Crippen molar-refractivity contribution in [3.05, 3.63) is 12.1 Å². The van der Waals surface area contributed by atoms with Crippen molar-refractivity contribution >= 4 is 35.3 Å². The van der Waals surface area contributed by atoms with Crippen molar-refractivity contribution < 1.29 is 10.0 Å². The van der Waals surface area contributed by atoms with E-state index in [-0.39, 0.29) is 17.1 Å². The Bertz CT molecular complexity index is 482. The minimum Gasteiger partial charge on any atom is -0.423 e. The molecule has 72 valence electrons. The summed E-state index contributed by atoms with van der Waals surface area (Å²) in [6, 6.07) is 3.05. The molecular formula is C7H9BN4O2. The number of rotatable bonds is 1. The number of nitrogens with zero attached hydrogens (tertiary/aromatic N) is 1. The second-order valence-electron chi connectivity index (χ2n) is 2.99. The van der Waals surface area contributed by atoms with E-state index in [2.05, 4.69) is 9.97 Å². The van der Waals surface area contributed by atoms with Crippen molar-refractivity contribution in [2.24, 2.45) is 0 Å². The fourth-order valence-corrected chi connectivity index (χ4v) is 1.33. The number of nitrogen functional groups attached to an aromatic ring is 2. The molecule has 0 bridgehead atoms. The molecule has 1 heterocycles. The number of hydrogen-bond donors (Lipinski definition) is 5. The van der Waals surface area contributed by atoms with Crippen molar-refractivity contribution in [1.29, 1.82) is 0 Å². The lowest BCUT2D eigenvalue weighted by atomic mass is 9.79. The van der Waals surface area contributed by atoms with Gasteiger partial charge in [-0.15, -0.1) is 0 Å². The van der Waals surface area contributed by atoms with E-state index >= 15 is 0 Å². The summed E-state index contributed by atoms with van der Waals surface area (Å²) >= 11 is 0. The number of aromatic nitrogens is 2. The molecule has 14 heavy (non-hydrogen) atoms. The van der Waals surface area contributed by atoms with Gasteiger partial charge in [0.25, 0.3) is 0 Å². The van der Waals surface area contributed by atoms with E-state index in [4.69, 9.17) is 21.5 Å². The number of nitrogens with one attached hydrogen (secondary N) is 1. The van der Waals surface area contributed by atoms with Gasteiger partial charge in [0.2, 0.25) is 0 Å². The maximum Gasteiger partial charge on any atom is 0.490 e. The first-order valence-corrected chi connectivity index (χ1v) is 3.98. The zero-order valence-corrected chi connectivity index (χ0v) is 7.23. The Balaban J connectivity index is 2.70. The van der Waals surface area contributed by atoms with Gasteiger partial charge in [-0.3, -0.25) is 0 Å². The molecule has 0 amide bonds. The van der Waals surface area contributed by atoms with Crippen LogP contribution in [0, 0.1) is 0 Å². The normalized spacial score (nSPS) is 10.7. The van der Waals surface area contributed by atoms with Gasteiger partial charge >= 0.3 is 7.12 Å². The van der Waals surface area contributed by atoms with Crippen LogP contribution in [0.5, 0.6) is 0 Å². The molecule has 0 saturated carbocycles. The number of benzene rings is 1. The van der Waals surface area contributed by atoms with Crippen LogP contribution < -0.4 is 16.9 Å². The first-order chi connectivity index (χ1) is 6.58. The summed E-state index contributed by atoms with van der Waals surface area (Å²) in [7, 11) is -1.59. The maximum atomic E-state index is 8.98. The predicted molar refractivity (Wildman–Crippen MR) is 54.7 cm³/mol. The molecule has 0 aliphatic heterocycles. The lowest BCUT2D eigenvalue weighted by Gasteiger charge is -2.03. The van der Waals surface area contributed by atoms with Crippen molar-refractivity contribution in [2.75, 3.05) is 11.5 Å². The number of nitrogens with two attached hydrogens (primary N) is 2. The standard InChI is InChI=1S/C7H9BN4O2/c9-4-2-6-5(11-7(10)12-6)1-3(4)8(13)14/h1-2,13-14H,9H2,(H3,10,11,12). The summed E-state index contributed by atoms with van der Waals surface area (Å²) in [5, 5.41) is 18.0. The van der Waals surface area contributed by atoms with E-state index in [1.165, 1.54) is 12.1 Å². The highest BCUT2D eigenvalue weighted by Crippen LogP contribution is 2.14. The second kappa shape index (κ2) is 2.90. The molecule has 2 aromatic rings. The molecular weight excluding hydrogens is 183 g/mol. The minimum atomic E-state index is -1.59. The van der Waals surface area contributed by atoms with Crippen LogP contribution in [0.25, 0.3) is 11.0 Å². The van der Waals surface area contributed by atoms with Gasteiger partial charge in [-0.2, -0.15) is 0 Å². The van der Waals surface area contributed by atoms with Crippen LogP contribution in [0.2, 0.25) is 0 Å². The van der Waals surface area contributed by atoms with Crippen molar-refractivity contribution in [3.8, 4) is 0 Å². The summed E-state index contributed by atoms with van der Waals surface area (Å²) < 4.78 is 0. The minimum absolute atomic E-state index is 0.237. The third-order valence-electron chi connectivity index (χ3n) is 1.98. The number of anilines is 2. The van der Waals surface area contributed by atoms with Gasteiger partial charge in [0, 0.05) is 11.2 Å². The van der Waals surface area contributed by atoms with E-state index < -0.39 is 7.12 Å². The summed E-state index contributed by atoms with van der Waals surface area (Å²) in [4.78, 5) is 6.72. The molecule has 0 saturated heterocycles. The van der Waals surface area contributed by atoms with Gasteiger partial charge in [0.05, 0.1) is 11.0 Å². The molecule has 7 N–H and O–H groups in total. The quantitative estimate of drug-likeness (QED) is 0.275. The summed E-state index contributed by atoms with van der Waals surface area (Å²) in [6.45, 7) is 0. The molecule has 1 aromatic carbocycles. The number of aromatic amines is 1. The van der Waals surface area contributed by atoms with Gasteiger partial charge in [-0.1, -0.05) is 0 Å². The SMILES string of the molecule is Nc1nc2cc(N)c(B(O)O)cc2[nH]1. The van der Waals surface area contributed by atoms with Crippen molar-refractivity contribution in [2.45, 2.75) is 0 Å². The number of imidazole rings is 1. The maximum absolute atomic E-state index is 8.98. The zero-order chi connectivity index (χ0) is 10.3. The Morgan fingerprint density at radius 2 is 2.00 bits per heavy atom. The third-order valence-corrected chi connectivity index (χ3v) is 1.98. The summed E-state index contributed by atoms with van der Waals surface area (Å²) in [5.74, 6) is 0.268. The van der Waals surface area contributed by atoms with Gasteiger partial charge in [-0.05, 0) is 12.1 Å². The monoisotopic (exact) mass is 192 g/mol. The van der Waals surface area contributed by atoms with Crippen LogP contribution in [0.4, 0.5) is 11.6 Å². The highest BCUT2D eigenvalue weighted by atomic mass is 16.4. The number of H-pyrrole nitrogens is 1. The van der Waals surface area contributed by atoms with Crippen LogP contribution in [-0.4, -0.2) is 27.1 Å². The molecule has 1 aromatic heterocycles. The van der Waals surface area contributed by atoms with Gasteiger partial charge in [0.15, 0.2) is 5.95 Å². The smallest absolute Gasteiger partial charge is 0.423 e. The molecule has 2 rings (SSSR count). The fraction of sp³-hybridized carbons (Fsp3) is 0. The summed E-state index contributed by atoms with van der Waals surface area (Å²) in [5.41, 5.74) is 12.8. The third kappa shape index (κ3) is 1.28. The molecule has 7 heteroatoms. The molecule has 0 aliphatic carbocycles. The first kappa shape index (κ1) is 8.85. The topological polar surface area (TPSA) is 121 Å². The lowest BCUT2D eigenvalue weighted by Crippen LogP contribution is -2.32. The first-order valence-electron chi connectivity index (χ1n) is 3.98. The largest absolute Gasteiger partial charge is 0.490 e. The molecule has 0 spiro atoms. The molecule has 0 unspecified atom stereocenters. The Morgan fingerprint density at radius 1 is 1.29 bits per heavy atom. The Hall–Kier alpha value is -1.73. The van der Waals surface area contributed by atoms with E-state index in [9.17, 15) is 0 Å². The lowest BCUT2D eigenvalue weighted by molar-refractivity contribution is 0.426. The Labute approximate surface area is 79.7 Å². The molecule has 0 radical (unpaired) electrons. The van der Waals surface area contributed by atoms with Crippen molar-refractivity contribution in [3.63, 3.8) is 0 Å². The van der Waals surface area contributed by atoms with Crippen LogP contribution in [-0.2, 0) is 0 Å². The van der Waals surface area contributed by atoms with E-state index in [1.54, 1.807) is 0 Å². The van der Waals surface area contributed by atoms with Crippen molar-refractivity contribution in [1.82, 2.24) is 9.97 Å². The van der Waals surface area contributed by atoms with E-state index in [0.29, 0.717) is 11.0 Å².